The Morgan fingerprint density at radius 1 is 0.950 bits per heavy atom. The van der Waals surface area contributed by atoms with Crippen LogP contribution >= 0.6 is 43.5 Å². The van der Waals surface area contributed by atoms with Crippen molar-refractivity contribution in [2.45, 2.75) is 22.5 Å². The number of rotatable bonds is 1. The maximum atomic E-state index is 12.5. The van der Waals surface area contributed by atoms with Crippen LogP contribution in [0.25, 0.3) is 0 Å². The van der Waals surface area contributed by atoms with E-state index in [2.05, 4.69) is 31.9 Å². The molecule has 0 aromatic heterocycles. The van der Waals surface area contributed by atoms with Gasteiger partial charge in [-0.15, -0.1) is 0 Å². The van der Waals surface area contributed by atoms with E-state index in [1.807, 2.05) is 0 Å². The van der Waals surface area contributed by atoms with Crippen molar-refractivity contribution in [2.24, 2.45) is 11.8 Å². The summed E-state index contributed by atoms with van der Waals surface area (Å²) in [6.45, 7) is 0. The van der Waals surface area contributed by atoms with E-state index in [-0.39, 0.29) is 33.3 Å². The predicted octanol–water partition coefficient (Wildman–Crippen LogP) is 3.77. The van der Waals surface area contributed by atoms with Crippen LogP contribution in [0.1, 0.15) is 12.8 Å². The maximum absolute atomic E-state index is 12.5. The molecule has 0 bridgehead atoms. The van der Waals surface area contributed by atoms with Crippen LogP contribution in [-0.4, -0.2) is 21.5 Å². The quantitative estimate of drug-likeness (QED) is 0.511. The van der Waals surface area contributed by atoms with Crippen LogP contribution in [0.4, 0.5) is 5.69 Å². The molecule has 20 heavy (non-hydrogen) atoms. The fourth-order valence-corrected chi connectivity index (χ4v) is 4.30. The van der Waals surface area contributed by atoms with Crippen molar-refractivity contribution in [1.82, 2.24) is 0 Å². The van der Waals surface area contributed by atoms with E-state index in [9.17, 15) is 9.59 Å². The molecule has 3 nitrogen and oxygen atoms in total. The van der Waals surface area contributed by atoms with Gasteiger partial charge in [0.25, 0.3) is 0 Å². The SMILES string of the molecule is O=C1[C@H]2C[C@@H](Br)[C@@H](Br)C[C@@H]2C(=O)N1c1ccc(Cl)cc1. The van der Waals surface area contributed by atoms with Crippen LogP contribution in [-0.2, 0) is 9.59 Å². The van der Waals surface area contributed by atoms with Crippen LogP contribution in [0, 0.1) is 11.8 Å². The van der Waals surface area contributed by atoms with E-state index in [1.54, 1.807) is 24.3 Å². The van der Waals surface area contributed by atoms with Gasteiger partial charge in [0, 0.05) is 14.7 Å². The first-order valence-corrected chi connectivity index (χ1v) is 8.61. The number of anilines is 1. The minimum atomic E-state index is -0.212. The first kappa shape index (κ1) is 14.5. The molecule has 0 radical (unpaired) electrons. The topological polar surface area (TPSA) is 37.4 Å². The average molecular weight is 422 g/mol. The highest BCUT2D eigenvalue weighted by molar-refractivity contribution is 9.12. The van der Waals surface area contributed by atoms with Gasteiger partial charge in [0.05, 0.1) is 17.5 Å². The summed E-state index contributed by atoms with van der Waals surface area (Å²) >= 11 is 13.0. The van der Waals surface area contributed by atoms with Crippen molar-refractivity contribution >= 4 is 61.0 Å². The summed E-state index contributed by atoms with van der Waals surface area (Å²) < 4.78 is 0. The Bertz CT molecular complexity index is 535. The number of hydrogen-bond acceptors (Lipinski definition) is 2. The third-order valence-electron chi connectivity index (χ3n) is 4.00. The third-order valence-corrected chi connectivity index (χ3v) is 6.98. The van der Waals surface area contributed by atoms with E-state index >= 15 is 0 Å². The van der Waals surface area contributed by atoms with Gasteiger partial charge in [-0.2, -0.15) is 0 Å². The number of nitrogens with zero attached hydrogens (tertiary/aromatic N) is 1. The molecule has 0 spiro atoms. The first-order chi connectivity index (χ1) is 9.49. The molecule has 1 aromatic carbocycles. The van der Waals surface area contributed by atoms with Crippen LogP contribution < -0.4 is 4.90 Å². The highest BCUT2D eigenvalue weighted by Crippen LogP contribution is 2.44. The van der Waals surface area contributed by atoms with Gasteiger partial charge in [-0.1, -0.05) is 43.5 Å². The van der Waals surface area contributed by atoms with E-state index in [1.165, 1.54) is 4.90 Å². The summed E-state index contributed by atoms with van der Waals surface area (Å²) in [5, 5.41) is 0.589. The molecule has 1 saturated heterocycles. The van der Waals surface area contributed by atoms with Crippen molar-refractivity contribution < 1.29 is 9.59 Å². The molecule has 2 fully saturated rings. The number of imide groups is 1. The molecule has 4 atom stereocenters. The van der Waals surface area contributed by atoms with Gasteiger partial charge < -0.3 is 0 Å². The van der Waals surface area contributed by atoms with E-state index in [4.69, 9.17) is 11.6 Å². The number of amides is 2. The second-order valence-electron chi connectivity index (χ2n) is 5.20. The predicted molar refractivity (Wildman–Crippen MR) is 85.6 cm³/mol. The molecule has 1 heterocycles. The van der Waals surface area contributed by atoms with E-state index < -0.39 is 0 Å². The molecule has 1 aliphatic heterocycles. The highest BCUT2D eigenvalue weighted by Gasteiger charge is 2.52. The largest absolute Gasteiger partial charge is 0.274 e. The van der Waals surface area contributed by atoms with Gasteiger partial charge in [0.2, 0.25) is 11.8 Å². The zero-order chi connectivity index (χ0) is 14.4. The van der Waals surface area contributed by atoms with Gasteiger partial charge in [0.15, 0.2) is 0 Å². The van der Waals surface area contributed by atoms with Crippen LogP contribution in [0.15, 0.2) is 24.3 Å². The lowest BCUT2D eigenvalue weighted by molar-refractivity contribution is -0.122. The summed E-state index contributed by atoms with van der Waals surface area (Å²) in [5.41, 5.74) is 0.607. The van der Waals surface area contributed by atoms with E-state index in [0.717, 1.165) is 0 Å². The summed E-state index contributed by atoms with van der Waals surface area (Å²) in [6.07, 6.45) is 1.38. The molecule has 106 valence electrons. The lowest BCUT2D eigenvalue weighted by Gasteiger charge is -2.29. The Hall–Kier alpha value is -0.390. The summed E-state index contributed by atoms with van der Waals surface area (Å²) in [6, 6.07) is 6.82. The molecule has 2 aliphatic rings. The molecule has 0 unspecified atom stereocenters. The van der Waals surface area contributed by atoms with Gasteiger partial charge in [0.1, 0.15) is 0 Å². The second kappa shape index (κ2) is 5.43. The van der Waals surface area contributed by atoms with Crippen LogP contribution in [0.3, 0.4) is 0 Å². The fraction of sp³-hybridized carbons (Fsp3) is 0.429. The van der Waals surface area contributed by atoms with Crippen molar-refractivity contribution in [3.8, 4) is 0 Å². The lowest BCUT2D eigenvalue weighted by Crippen LogP contribution is -2.34. The van der Waals surface area contributed by atoms with Crippen molar-refractivity contribution in [3.05, 3.63) is 29.3 Å². The molecule has 3 rings (SSSR count). The lowest BCUT2D eigenvalue weighted by atomic mass is 9.81. The standard InChI is InChI=1S/C14H12Br2ClNO2/c15-11-5-9-10(6-12(11)16)14(20)18(13(9)19)8-3-1-7(17)2-4-8/h1-4,9-12H,5-6H2/t9-,10-,11-,12+/m0/s1. The van der Waals surface area contributed by atoms with Crippen molar-refractivity contribution in [1.29, 1.82) is 0 Å². The molecule has 1 aliphatic carbocycles. The number of carbonyl (C=O) groups excluding carboxylic acids is 2. The zero-order valence-corrected chi connectivity index (χ0v) is 14.4. The normalized spacial score (nSPS) is 33.5. The maximum Gasteiger partial charge on any atom is 0.237 e. The molecule has 1 saturated carbocycles. The van der Waals surface area contributed by atoms with E-state index in [0.29, 0.717) is 23.6 Å². The molecule has 0 N–H and O–H groups in total. The Morgan fingerprint density at radius 2 is 1.40 bits per heavy atom. The van der Waals surface area contributed by atoms with Crippen LogP contribution in [0.5, 0.6) is 0 Å². The third kappa shape index (κ3) is 2.34. The second-order valence-corrected chi connectivity index (χ2v) is 7.99. The van der Waals surface area contributed by atoms with Gasteiger partial charge in [-0.3, -0.25) is 14.5 Å². The number of carbonyl (C=O) groups is 2. The Morgan fingerprint density at radius 3 is 1.85 bits per heavy atom. The van der Waals surface area contributed by atoms with Crippen molar-refractivity contribution in [2.75, 3.05) is 4.90 Å². The summed E-state index contributed by atoms with van der Waals surface area (Å²) in [5.74, 6) is -0.606. The number of halogens is 3. The molecule has 6 heteroatoms. The number of alkyl halides is 2. The minimum absolute atomic E-state index is 0.0915. The van der Waals surface area contributed by atoms with Crippen molar-refractivity contribution in [3.63, 3.8) is 0 Å². The van der Waals surface area contributed by atoms with Crippen LogP contribution in [0.2, 0.25) is 5.02 Å². The Kier molecular flexibility index (Phi) is 3.95. The first-order valence-electron chi connectivity index (χ1n) is 6.40. The van der Waals surface area contributed by atoms with Gasteiger partial charge in [-0.05, 0) is 37.1 Å². The smallest absolute Gasteiger partial charge is 0.237 e. The Labute approximate surface area is 138 Å². The summed E-state index contributed by atoms with van der Waals surface area (Å²) in [4.78, 5) is 26.8. The fourth-order valence-electron chi connectivity index (χ4n) is 2.94. The number of benzene rings is 1. The molecular formula is C14H12Br2ClNO2. The monoisotopic (exact) mass is 419 g/mol. The van der Waals surface area contributed by atoms with Gasteiger partial charge >= 0.3 is 0 Å². The number of hydrogen-bond donors (Lipinski definition) is 0. The molecule has 1 aromatic rings. The molecule has 2 amide bonds. The van der Waals surface area contributed by atoms with Gasteiger partial charge in [-0.25, -0.2) is 0 Å². The highest BCUT2D eigenvalue weighted by atomic mass is 79.9. The minimum Gasteiger partial charge on any atom is -0.274 e. The zero-order valence-electron chi connectivity index (χ0n) is 10.4. The number of fused-ring (bicyclic) bond motifs is 1. The summed E-state index contributed by atoms with van der Waals surface area (Å²) in [7, 11) is 0. The average Bonchev–Trinajstić information content (AvgIpc) is 2.65. The Balaban J connectivity index is 1.93. The molecular weight excluding hydrogens is 409 g/mol.